The zero-order valence-corrected chi connectivity index (χ0v) is 7.37. The van der Waals surface area contributed by atoms with E-state index in [1.54, 1.807) is 13.2 Å². The highest BCUT2D eigenvalue weighted by molar-refractivity contribution is 5.24. The molecule has 0 aliphatic carbocycles. The highest BCUT2D eigenvalue weighted by Gasteiger charge is 1.99. The van der Waals surface area contributed by atoms with Gasteiger partial charge in [0, 0.05) is 11.8 Å². The van der Waals surface area contributed by atoms with Crippen molar-refractivity contribution >= 4 is 0 Å². The Hall–Kier alpha value is -1.09. The lowest BCUT2D eigenvalue weighted by Gasteiger charge is -2.04. The average Bonchev–Trinajstić information content (AvgIpc) is 2.16. The highest BCUT2D eigenvalue weighted by atomic mass is 16.5. The van der Waals surface area contributed by atoms with E-state index in [9.17, 15) is 0 Å². The molecule has 0 saturated heterocycles. The maximum absolute atomic E-state index is 8.89. The minimum absolute atomic E-state index is 0.0336. The number of aryl methyl sites for hydroxylation is 1. The first kappa shape index (κ1) is 9.00. The van der Waals surface area contributed by atoms with Crippen molar-refractivity contribution in [1.29, 1.82) is 0 Å². The Bertz CT molecular complexity index is 205. The van der Waals surface area contributed by atoms with Crippen molar-refractivity contribution in [1.82, 2.24) is 4.98 Å². The number of hydrogen-bond donors (Lipinski definition) is 1. The fraction of sp³-hybridized carbons (Fsp3) is 0.444. The molecule has 12 heavy (non-hydrogen) atoms. The molecule has 1 aromatic rings. The van der Waals surface area contributed by atoms with Crippen LogP contribution < -0.4 is 4.74 Å². The van der Waals surface area contributed by atoms with Crippen LogP contribution in [0.25, 0.3) is 0 Å². The third kappa shape index (κ3) is 1.95. The number of rotatable bonds is 3. The predicted molar refractivity (Wildman–Crippen MR) is 46.1 cm³/mol. The molecule has 0 bridgehead atoms. The van der Waals surface area contributed by atoms with Crippen LogP contribution in [-0.2, 0) is 13.0 Å². The number of aliphatic hydroxyl groups is 1. The summed E-state index contributed by atoms with van der Waals surface area (Å²) < 4.78 is 4.98. The molecule has 1 rings (SSSR count). The Kier molecular flexibility index (Phi) is 3.05. The fourth-order valence-corrected chi connectivity index (χ4v) is 0.997. The van der Waals surface area contributed by atoms with Gasteiger partial charge in [-0.05, 0) is 18.1 Å². The molecular weight excluding hydrogens is 154 g/mol. The maximum atomic E-state index is 8.89. The highest BCUT2D eigenvalue weighted by Crippen LogP contribution is 2.12. The number of nitrogens with zero attached hydrogens (tertiary/aromatic N) is 1. The van der Waals surface area contributed by atoms with Crippen LogP contribution >= 0.6 is 0 Å². The Morgan fingerprint density at radius 1 is 1.50 bits per heavy atom. The quantitative estimate of drug-likeness (QED) is 0.734. The minimum atomic E-state index is 0.0336. The second-order valence-electron chi connectivity index (χ2n) is 2.52. The SMILES string of the molecule is CCc1cc(CO)cc(OC)n1. The van der Waals surface area contributed by atoms with Gasteiger partial charge >= 0.3 is 0 Å². The second kappa shape index (κ2) is 4.07. The van der Waals surface area contributed by atoms with Gasteiger partial charge in [0.05, 0.1) is 13.7 Å². The Morgan fingerprint density at radius 2 is 2.25 bits per heavy atom. The summed E-state index contributed by atoms with van der Waals surface area (Å²) in [5.74, 6) is 0.568. The van der Waals surface area contributed by atoms with Crippen LogP contribution in [0.5, 0.6) is 5.88 Å². The van der Waals surface area contributed by atoms with E-state index in [0.717, 1.165) is 17.7 Å². The molecule has 0 saturated carbocycles. The predicted octanol–water partition coefficient (Wildman–Crippen LogP) is 1.14. The molecule has 3 nitrogen and oxygen atoms in total. The summed E-state index contributed by atoms with van der Waals surface area (Å²) in [6.45, 7) is 2.05. The summed E-state index contributed by atoms with van der Waals surface area (Å²) in [5.41, 5.74) is 1.79. The molecule has 0 fully saturated rings. The largest absolute Gasteiger partial charge is 0.481 e. The van der Waals surface area contributed by atoms with E-state index in [0.29, 0.717) is 5.88 Å². The molecule has 0 aliphatic heterocycles. The molecule has 1 N–H and O–H groups in total. The minimum Gasteiger partial charge on any atom is -0.481 e. The maximum Gasteiger partial charge on any atom is 0.213 e. The summed E-state index contributed by atoms with van der Waals surface area (Å²) in [4.78, 5) is 4.18. The fourth-order valence-electron chi connectivity index (χ4n) is 0.997. The van der Waals surface area contributed by atoms with Crippen LogP contribution in [0.2, 0.25) is 0 Å². The summed E-state index contributed by atoms with van der Waals surface area (Å²) in [6.07, 6.45) is 0.851. The molecule has 1 aromatic heterocycles. The van der Waals surface area contributed by atoms with Crippen LogP contribution in [0, 0.1) is 0 Å². The van der Waals surface area contributed by atoms with E-state index < -0.39 is 0 Å². The third-order valence-corrected chi connectivity index (χ3v) is 1.67. The van der Waals surface area contributed by atoms with Crippen LogP contribution in [0.4, 0.5) is 0 Å². The molecule has 0 amide bonds. The van der Waals surface area contributed by atoms with Crippen molar-refractivity contribution < 1.29 is 9.84 Å². The molecule has 3 heteroatoms. The van der Waals surface area contributed by atoms with Gasteiger partial charge in [-0.1, -0.05) is 6.92 Å². The Morgan fingerprint density at radius 3 is 2.75 bits per heavy atom. The molecule has 0 radical (unpaired) electrons. The van der Waals surface area contributed by atoms with Gasteiger partial charge in [-0.15, -0.1) is 0 Å². The molecule has 0 aromatic carbocycles. The zero-order chi connectivity index (χ0) is 8.97. The third-order valence-electron chi connectivity index (χ3n) is 1.67. The Labute approximate surface area is 72.0 Å². The molecule has 0 atom stereocenters. The number of pyridine rings is 1. The van der Waals surface area contributed by atoms with E-state index in [1.807, 2.05) is 13.0 Å². The Balaban J connectivity index is 3.01. The van der Waals surface area contributed by atoms with Gasteiger partial charge in [0.2, 0.25) is 5.88 Å². The first-order valence-corrected chi connectivity index (χ1v) is 3.94. The molecular formula is C9H13NO2. The molecule has 1 heterocycles. The monoisotopic (exact) mass is 167 g/mol. The molecule has 66 valence electrons. The normalized spacial score (nSPS) is 9.92. The second-order valence-corrected chi connectivity index (χ2v) is 2.52. The number of ether oxygens (including phenoxy) is 1. The molecule has 0 aliphatic rings. The zero-order valence-electron chi connectivity index (χ0n) is 7.37. The summed E-state index contributed by atoms with van der Waals surface area (Å²) >= 11 is 0. The van der Waals surface area contributed by atoms with Crippen molar-refractivity contribution in [2.75, 3.05) is 7.11 Å². The average molecular weight is 167 g/mol. The number of aliphatic hydroxyl groups excluding tert-OH is 1. The smallest absolute Gasteiger partial charge is 0.213 e. The van der Waals surface area contributed by atoms with Crippen LogP contribution in [0.3, 0.4) is 0 Å². The first-order chi connectivity index (χ1) is 5.80. The number of hydrogen-bond acceptors (Lipinski definition) is 3. The van der Waals surface area contributed by atoms with Crippen molar-refractivity contribution in [2.24, 2.45) is 0 Å². The van der Waals surface area contributed by atoms with Crippen molar-refractivity contribution in [2.45, 2.75) is 20.0 Å². The van der Waals surface area contributed by atoms with E-state index in [4.69, 9.17) is 9.84 Å². The van der Waals surface area contributed by atoms with Crippen LogP contribution in [-0.4, -0.2) is 17.2 Å². The summed E-state index contributed by atoms with van der Waals surface area (Å²) in [6, 6.07) is 3.61. The summed E-state index contributed by atoms with van der Waals surface area (Å²) in [7, 11) is 1.57. The van der Waals surface area contributed by atoms with E-state index >= 15 is 0 Å². The van der Waals surface area contributed by atoms with Crippen LogP contribution in [0.1, 0.15) is 18.2 Å². The van der Waals surface area contributed by atoms with Gasteiger partial charge in [-0.2, -0.15) is 0 Å². The van der Waals surface area contributed by atoms with Gasteiger partial charge in [0.1, 0.15) is 0 Å². The van der Waals surface area contributed by atoms with Crippen molar-refractivity contribution in [3.63, 3.8) is 0 Å². The number of aromatic nitrogens is 1. The van der Waals surface area contributed by atoms with Gasteiger partial charge in [-0.25, -0.2) is 4.98 Å². The van der Waals surface area contributed by atoms with Gasteiger partial charge in [0.25, 0.3) is 0 Å². The van der Waals surface area contributed by atoms with Gasteiger partial charge in [0.15, 0.2) is 0 Å². The lowest BCUT2D eigenvalue weighted by atomic mass is 10.2. The summed E-state index contributed by atoms with van der Waals surface area (Å²) in [5, 5.41) is 8.89. The van der Waals surface area contributed by atoms with E-state index in [2.05, 4.69) is 4.98 Å². The standard InChI is InChI=1S/C9H13NO2/c1-3-8-4-7(6-11)5-9(10-8)12-2/h4-5,11H,3,6H2,1-2H3. The van der Waals surface area contributed by atoms with E-state index in [1.165, 1.54) is 0 Å². The van der Waals surface area contributed by atoms with E-state index in [-0.39, 0.29) is 6.61 Å². The van der Waals surface area contributed by atoms with Crippen molar-refractivity contribution in [3.8, 4) is 5.88 Å². The van der Waals surface area contributed by atoms with Crippen LogP contribution in [0.15, 0.2) is 12.1 Å². The first-order valence-electron chi connectivity index (χ1n) is 3.94. The number of methoxy groups -OCH3 is 1. The van der Waals surface area contributed by atoms with Gasteiger partial charge < -0.3 is 9.84 Å². The molecule has 0 unspecified atom stereocenters. The van der Waals surface area contributed by atoms with Gasteiger partial charge in [-0.3, -0.25) is 0 Å². The topological polar surface area (TPSA) is 42.4 Å². The molecule has 0 spiro atoms. The van der Waals surface area contributed by atoms with Crippen molar-refractivity contribution in [3.05, 3.63) is 23.4 Å². The lowest BCUT2D eigenvalue weighted by Crippen LogP contribution is -1.95. The lowest BCUT2D eigenvalue weighted by molar-refractivity contribution is 0.280.